The summed E-state index contributed by atoms with van der Waals surface area (Å²) in [6.45, 7) is 1.90. The maximum atomic E-state index is 12.0. The summed E-state index contributed by atoms with van der Waals surface area (Å²) in [5.74, 6) is -0.0441. The summed E-state index contributed by atoms with van der Waals surface area (Å²) in [6.07, 6.45) is 1.45. The van der Waals surface area contributed by atoms with E-state index in [0.29, 0.717) is 16.7 Å². The molecule has 1 aromatic carbocycles. The predicted octanol–water partition coefficient (Wildman–Crippen LogP) is 3.07. The Morgan fingerprint density at radius 2 is 2.06 bits per heavy atom. The summed E-state index contributed by atoms with van der Waals surface area (Å²) in [7, 11) is 0. The quantitative estimate of drug-likeness (QED) is 0.712. The lowest BCUT2D eigenvalue weighted by Gasteiger charge is -2.03. The Kier molecular flexibility index (Phi) is 2.23. The van der Waals surface area contributed by atoms with Gasteiger partial charge in [-0.25, -0.2) is 0 Å². The third-order valence-corrected chi connectivity index (χ3v) is 2.77. The lowest BCUT2D eigenvalue weighted by Crippen LogP contribution is -2.02. The molecule has 0 fully saturated rings. The van der Waals surface area contributed by atoms with Gasteiger partial charge in [0, 0.05) is 0 Å². The van der Waals surface area contributed by atoms with Crippen LogP contribution in [0.2, 0.25) is 0 Å². The van der Waals surface area contributed by atoms with Gasteiger partial charge in [0.1, 0.15) is 5.58 Å². The Bertz CT molecular complexity index is 766. The van der Waals surface area contributed by atoms with Gasteiger partial charge < -0.3 is 13.9 Å². The summed E-state index contributed by atoms with van der Waals surface area (Å²) in [6, 6.07) is 8.48. The van der Waals surface area contributed by atoms with Crippen LogP contribution in [0.5, 0.6) is 5.75 Å². The van der Waals surface area contributed by atoms with Gasteiger partial charge in [-0.15, -0.1) is 0 Å². The fourth-order valence-corrected chi connectivity index (χ4v) is 1.87. The molecule has 0 aliphatic carbocycles. The van der Waals surface area contributed by atoms with Crippen LogP contribution in [0.1, 0.15) is 5.56 Å². The molecule has 4 heteroatoms. The molecule has 0 aliphatic heterocycles. The average Bonchev–Trinajstić information content (AvgIpc) is 2.87. The lowest BCUT2D eigenvalue weighted by molar-refractivity contribution is 0.439. The molecule has 0 radical (unpaired) electrons. The van der Waals surface area contributed by atoms with Crippen molar-refractivity contribution in [3.8, 4) is 17.3 Å². The van der Waals surface area contributed by atoms with E-state index in [-0.39, 0.29) is 5.76 Å². The molecule has 0 atom stereocenters. The summed E-state index contributed by atoms with van der Waals surface area (Å²) >= 11 is 0. The second-order valence-electron chi connectivity index (χ2n) is 4.09. The molecule has 1 N–H and O–H groups in total. The Morgan fingerprint density at radius 1 is 1.22 bits per heavy atom. The maximum Gasteiger partial charge on any atom is 0.235 e. The minimum Gasteiger partial charge on any atom is -0.501 e. The van der Waals surface area contributed by atoms with Gasteiger partial charge in [-0.2, -0.15) is 0 Å². The molecule has 0 bridgehead atoms. The molecule has 4 nitrogen and oxygen atoms in total. The van der Waals surface area contributed by atoms with Crippen molar-refractivity contribution < 1.29 is 13.9 Å². The number of benzene rings is 1. The van der Waals surface area contributed by atoms with Crippen LogP contribution in [-0.4, -0.2) is 5.11 Å². The minimum absolute atomic E-state index is 0.0584. The van der Waals surface area contributed by atoms with Gasteiger partial charge in [-0.1, -0.05) is 6.07 Å². The van der Waals surface area contributed by atoms with Crippen LogP contribution in [0.25, 0.3) is 22.5 Å². The summed E-state index contributed by atoms with van der Waals surface area (Å²) < 4.78 is 10.7. The molecule has 0 saturated heterocycles. The number of hydrogen-bond acceptors (Lipinski definition) is 4. The van der Waals surface area contributed by atoms with Gasteiger partial charge in [0.15, 0.2) is 5.76 Å². The van der Waals surface area contributed by atoms with Gasteiger partial charge in [0.2, 0.25) is 16.9 Å². The largest absolute Gasteiger partial charge is 0.501 e. The van der Waals surface area contributed by atoms with Gasteiger partial charge in [0.05, 0.1) is 11.6 Å². The molecule has 0 amide bonds. The molecule has 0 spiro atoms. The molecule has 0 aliphatic rings. The normalized spacial score (nSPS) is 10.9. The molecule has 90 valence electrons. The topological polar surface area (TPSA) is 63.6 Å². The predicted molar refractivity (Wildman–Crippen MR) is 66.6 cm³/mol. The zero-order chi connectivity index (χ0) is 12.7. The molecule has 18 heavy (non-hydrogen) atoms. The third kappa shape index (κ3) is 1.50. The van der Waals surface area contributed by atoms with Crippen molar-refractivity contribution in [3.63, 3.8) is 0 Å². The number of rotatable bonds is 1. The Labute approximate surface area is 102 Å². The first-order valence-corrected chi connectivity index (χ1v) is 5.47. The summed E-state index contributed by atoms with van der Waals surface area (Å²) in [5.41, 5.74) is 0.952. The highest BCUT2D eigenvalue weighted by atomic mass is 16.4. The lowest BCUT2D eigenvalue weighted by atomic mass is 10.1. The van der Waals surface area contributed by atoms with Crippen LogP contribution >= 0.6 is 0 Å². The molecular weight excluding hydrogens is 232 g/mol. The number of hydrogen-bond donors (Lipinski definition) is 1. The fourth-order valence-electron chi connectivity index (χ4n) is 1.87. The second kappa shape index (κ2) is 3.77. The Balaban J connectivity index is 2.41. The van der Waals surface area contributed by atoms with E-state index in [1.54, 1.807) is 30.3 Å². The molecule has 2 heterocycles. The van der Waals surface area contributed by atoms with Crippen molar-refractivity contribution in [1.29, 1.82) is 0 Å². The smallest absolute Gasteiger partial charge is 0.235 e. The molecule has 0 unspecified atom stereocenters. The van der Waals surface area contributed by atoms with E-state index in [1.165, 1.54) is 6.26 Å². The monoisotopic (exact) mass is 242 g/mol. The van der Waals surface area contributed by atoms with Crippen molar-refractivity contribution in [2.75, 3.05) is 0 Å². The van der Waals surface area contributed by atoms with Crippen LogP contribution < -0.4 is 5.43 Å². The first-order valence-electron chi connectivity index (χ1n) is 5.47. The van der Waals surface area contributed by atoms with Gasteiger partial charge in [0.25, 0.3) is 0 Å². The molecular formula is C14H10O4. The summed E-state index contributed by atoms with van der Waals surface area (Å²) in [5, 5.41) is 10.2. The highest BCUT2D eigenvalue weighted by Gasteiger charge is 2.16. The first-order chi connectivity index (χ1) is 8.66. The molecule has 3 aromatic rings. The Hall–Kier alpha value is -2.49. The van der Waals surface area contributed by atoms with Crippen molar-refractivity contribution in [1.82, 2.24) is 0 Å². The molecule has 2 aromatic heterocycles. The van der Waals surface area contributed by atoms with Gasteiger partial charge in [-0.05, 0) is 36.8 Å². The number of aryl methyl sites for hydroxylation is 1. The summed E-state index contributed by atoms with van der Waals surface area (Å²) in [4.78, 5) is 12.0. The number of furan rings is 1. The van der Waals surface area contributed by atoms with E-state index in [9.17, 15) is 9.90 Å². The highest BCUT2D eigenvalue weighted by molar-refractivity contribution is 5.81. The van der Waals surface area contributed by atoms with Crippen LogP contribution in [0.15, 0.2) is 50.2 Å². The zero-order valence-electron chi connectivity index (χ0n) is 9.64. The minimum atomic E-state index is -0.456. The van der Waals surface area contributed by atoms with E-state index in [2.05, 4.69) is 0 Å². The maximum absolute atomic E-state index is 12.0. The van der Waals surface area contributed by atoms with Gasteiger partial charge >= 0.3 is 0 Å². The van der Waals surface area contributed by atoms with Crippen LogP contribution in [0, 0.1) is 6.92 Å². The highest BCUT2D eigenvalue weighted by Crippen LogP contribution is 2.30. The average molecular weight is 242 g/mol. The fraction of sp³-hybridized carbons (Fsp3) is 0.0714. The molecule has 0 saturated carbocycles. The standard InChI is InChI=1S/C14H10O4/c1-8-4-5-9-11(7-8)18-14(13(16)12(9)15)10-3-2-6-17-10/h2-7,16H,1H3. The van der Waals surface area contributed by atoms with E-state index >= 15 is 0 Å². The van der Waals surface area contributed by atoms with Crippen molar-refractivity contribution in [3.05, 3.63) is 52.4 Å². The van der Waals surface area contributed by atoms with E-state index in [1.807, 2.05) is 6.92 Å². The SMILES string of the molecule is Cc1ccc2c(=O)c(O)c(-c3ccco3)oc2c1. The Morgan fingerprint density at radius 3 is 2.78 bits per heavy atom. The van der Waals surface area contributed by atoms with E-state index < -0.39 is 11.2 Å². The van der Waals surface area contributed by atoms with Crippen molar-refractivity contribution >= 4 is 11.0 Å². The van der Waals surface area contributed by atoms with E-state index in [4.69, 9.17) is 8.83 Å². The molecule has 3 rings (SSSR count). The van der Waals surface area contributed by atoms with Crippen molar-refractivity contribution in [2.45, 2.75) is 6.92 Å². The zero-order valence-corrected chi connectivity index (χ0v) is 9.64. The second-order valence-corrected chi connectivity index (χ2v) is 4.09. The van der Waals surface area contributed by atoms with E-state index in [0.717, 1.165) is 5.56 Å². The van der Waals surface area contributed by atoms with Gasteiger partial charge in [-0.3, -0.25) is 4.79 Å². The third-order valence-electron chi connectivity index (χ3n) is 2.77. The van der Waals surface area contributed by atoms with Crippen LogP contribution in [-0.2, 0) is 0 Å². The van der Waals surface area contributed by atoms with Crippen LogP contribution in [0.3, 0.4) is 0 Å². The van der Waals surface area contributed by atoms with Crippen LogP contribution in [0.4, 0.5) is 0 Å². The number of fused-ring (bicyclic) bond motifs is 1. The number of aromatic hydroxyl groups is 1. The van der Waals surface area contributed by atoms with Crippen molar-refractivity contribution in [2.24, 2.45) is 0 Å². The first kappa shape index (κ1) is 10.7.